The predicted octanol–water partition coefficient (Wildman–Crippen LogP) is 21.3. The van der Waals surface area contributed by atoms with Gasteiger partial charge in [-0.25, -0.2) is 0 Å². The lowest BCUT2D eigenvalue weighted by Crippen LogP contribution is -2.30. The molecule has 424 valence electrons. The third-order valence-electron chi connectivity index (χ3n) is 13.3. The Morgan fingerprint density at radius 3 is 0.851 bits per heavy atom. The van der Waals surface area contributed by atoms with Gasteiger partial charge < -0.3 is 14.2 Å². The van der Waals surface area contributed by atoms with Gasteiger partial charge >= 0.3 is 17.9 Å². The van der Waals surface area contributed by atoms with Crippen molar-refractivity contribution in [1.29, 1.82) is 0 Å². The zero-order chi connectivity index (χ0) is 53.6. The van der Waals surface area contributed by atoms with E-state index in [0.29, 0.717) is 19.3 Å². The number of unbranched alkanes of at least 4 members (excludes halogenated alkanes) is 29. The highest BCUT2D eigenvalue weighted by Crippen LogP contribution is 2.15. The number of carbonyl (C=O) groups excluding carboxylic acids is 3. The van der Waals surface area contributed by atoms with Gasteiger partial charge in [-0.1, -0.05) is 253 Å². The van der Waals surface area contributed by atoms with Crippen LogP contribution in [0.4, 0.5) is 0 Å². The molecule has 0 rings (SSSR count). The Morgan fingerprint density at radius 2 is 0.527 bits per heavy atom. The quantitative estimate of drug-likeness (QED) is 0.0261. The number of hydrogen-bond acceptors (Lipinski definition) is 6. The van der Waals surface area contributed by atoms with Crippen molar-refractivity contribution in [2.75, 3.05) is 13.2 Å². The van der Waals surface area contributed by atoms with Crippen molar-refractivity contribution in [3.63, 3.8) is 0 Å². The topological polar surface area (TPSA) is 78.9 Å². The van der Waals surface area contributed by atoms with Crippen LogP contribution in [0.25, 0.3) is 0 Å². The first kappa shape index (κ1) is 70.3. The molecule has 1 atom stereocenters. The Hall–Kier alpha value is -3.67. The van der Waals surface area contributed by atoms with Crippen molar-refractivity contribution < 1.29 is 28.6 Å². The van der Waals surface area contributed by atoms with Crippen molar-refractivity contribution in [1.82, 2.24) is 0 Å². The van der Waals surface area contributed by atoms with Gasteiger partial charge in [-0.05, 0) is 122 Å². The number of carbonyl (C=O) groups is 3. The molecule has 0 heterocycles. The summed E-state index contributed by atoms with van der Waals surface area (Å²) in [5.41, 5.74) is 0. The highest BCUT2D eigenvalue weighted by atomic mass is 16.6. The lowest BCUT2D eigenvalue weighted by atomic mass is 10.1. The maximum atomic E-state index is 12.9. The molecule has 0 N–H and O–H groups in total. The Kier molecular flexibility index (Phi) is 58.8. The predicted molar refractivity (Wildman–Crippen MR) is 320 cm³/mol. The van der Waals surface area contributed by atoms with Crippen LogP contribution >= 0.6 is 0 Å². The van der Waals surface area contributed by atoms with E-state index in [9.17, 15) is 14.4 Å². The average Bonchev–Trinajstić information content (AvgIpc) is 3.40. The maximum absolute atomic E-state index is 12.9. The van der Waals surface area contributed by atoms with Gasteiger partial charge in [0.2, 0.25) is 0 Å². The first-order chi connectivity index (χ1) is 36.5. The number of allylic oxidation sites excluding steroid dienone is 16. The van der Waals surface area contributed by atoms with Gasteiger partial charge in [0.1, 0.15) is 13.2 Å². The molecular weight excluding hydrogens is 913 g/mol. The zero-order valence-corrected chi connectivity index (χ0v) is 48.6. The van der Waals surface area contributed by atoms with Crippen molar-refractivity contribution in [2.45, 2.75) is 303 Å². The summed E-state index contributed by atoms with van der Waals surface area (Å²) in [6.45, 7) is 6.50. The summed E-state index contributed by atoms with van der Waals surface area (Å²) in [5, 5.41) is 0. The Bertz CT molecular complexity index is 1460. The minimum Gasteiger partial charge on any atom is -0.462 e. The Morgan fingerprint density at radius 1 is 0.284 bits per heavy atom. The standard InChI is InChI=1S/C68H116O6/c1-4-7-10-13-16-19-22-25-28-30-31-32-33-34-35-36-37-38-41-43-46-49-52-55-58-61-67(70)73-64-65(63-72-66(69)60-57-54-51-48-45-42-39-27-24-21-18-15-12-9-6-3)74-68(71)62-59-56-53-50-47-44-40-29-26-23-20-17-14-11-8-5-2/h7,10,16,19-20,23,25,27-29,31-32,34-35,39-40,65H,4-6,8-9,11-15,17-18,21-22,24,26,30,33,36-38,41-64H2,1-3H3/b10-7-,19-16-,23-20-,28-25-,32-31-,35-34-,39-27-,40-29-. The fraction of sp³-hybridized carbons (Fsp3) is 0.721. The minimum absolute atomic E-state index is 0.0887. The normalized spacial score (nSPS) is 12.7. The van der Waals surface area contributed by atoms with Crippen LogP contribution in [0.3, 0.4) is 0 Å². The molecule has 6 heteroatoms. The van der Waals surface area contributed by atoms with Crippen LogP contribution in [0.5, 0.6) is 0 Å². The molecule has 0 aromatic rings. The Labute approximate surface area is 457 Å². The van der Waals surface area contributed by atoms with Crippen molar-refractivity contribution in [3.05, 3.63) is 97.2 Å². The molecule has 0 amide bonds. The van der Waals surface area contributed by atoms with E-state index in [4.69, 9.17) is 14.2 Å². The molecule has 74 heavy (non-hydrogen) atoms. The van der Waals surface area contributed by atoms with Gasteiger partial charge in [0.05, 0.1) is 0 Å². The third-order valence-corrected chi connectivity index (χ3v) is 13.3. The minimum atomic E-state index is -0.792. The molecule has 0 aliphatic carbocycles. The molecule has 0 saturated carbocycles. The van der Waals surface area contributed by atoms with E-state index in [2.05, 4.69) is 118 Å². The second-order valence-corrected chi connectivity index (χ2v) is 20.6. The molecule has 0 spiro atoms. The summed E-state index contributed by atoms with van der Waals surface area (Å²) in [7, 11) is 0. The molecule has 0 aromatic heterocycles. The van der Waals surface area contributed by atoms with E-state index >= 15 is 0 Å². The number of ether oxygens (including phenoxy) is 3. The monoisotopic (exact) mass is 1030 g/mol. The molecule has 1 unspecified atom stereocenters. The van der Waals surface area contributed by atoms with E-state index in [0.717, 1.165) is 128 Å². The molecule has 0 bridgehead atoms. The summed E-state index contributed by atoms with van der Waals surface area (Å²) in [6, 6.07) is 0. The number of rotatable bonds is 56. The van der Waals surface area contributed by atoms with Crippen LogP contribution in [0.2, 0.25) is 0 Å². The van der Waals surface area contributed by atoms with Gasteiger partial charge in [-0.2, -0.15) is 0 Å². The highest BCUT2D eigenvalue weighted by Gasteiger charge is 2.19. The molecule has 0 radical (unpaired) electrons. The van der Waals surface area contributed by atoms with E-state index in [1.807, 2.05) is 0 Å². The zero-order valence-electron chi connectivity index (χ0n) is 48.6. The van der Waals surface area contributed by atoms with Crippen LogP contribution in [0.15, 0.2) is 97.2 Å². The average molecular weight is 1030 g/mol. The second kappa shape index (κ2) is 61.9. The largest absolute Gasteiger partial charge is 0.462 e. The second-order valence-electron chi connectivity index (χ2n) is 20.6. The van der Waals surface area contributed by atoms with Crippen molar-refractivity contribution in [3.8, 4) is 0 Å². The molecule has 0 aliphatic rings. The molecular formula is C68H116O6. The van der Waals surface area contributed by atoms with Gasteiger partial charge in [-0.3, -0.25) is 14.4 Å². The van der Waals surface area contributed by atoms with E-state index in [1.54, 1.807) is 0 Å². The van der Waals surface area contributed by atoms with Crippen molar-refractivity contribution >= 4 is 17.9 Å². The molecule has 0 saturated heterocycles. The third kappa shape index (κ3) is 59.2. The van der Waals surface area contributed by atoms with E-state index in [-0.39, 0.29) is 31.1 Å². The molecule has 6 nitrogen and oxygen atoms in total. The summed E-state index contributed by atoms with van der Waals surface area (Å²) in [5.74, 6) is -0.909. The lowest BCUT2D eigenvalue weighted by molar-refractivity contribution is -0.167. The maximum Gasteiger partial charge on any atom is 0.306 e. The summed E-state index contributed by atoms with van der Waals surface area (Å²) < 4.78 is 16.9. The first-order valence-electron chi connectivity index (χ1n) is 31.2. The van der Waals surface area contributed by atoms with Gasteiger partial charge in [0.25, 0.3) is 0 Å². The summed E-state index contributed by atoms with van der Waals surface area (Å²) in [4.78, 5) is 38.3. The lowest BCUT2D eigenvalue weighted by Gasteiger charge is -2.18. The van der Waals surface area contributed by atoms with Crippen LogP contribution in [0.1, 0.15) is 297 Å². The SMILES string of the molecule is CC/C=C\C/C=C\C/C=C\C/C=C\C/C=C\CCCCCCCCCCCC(=O)OCC(COC(=O)CCCCCCC/C=C\CCCCCCCC)OC(=O)CCCCCCC/C=C\C/C=C\CCCCCC. The van der Waals surface area contributed by atoms with Gasteiger partial charge in [0.15, 0.2) is 6.10 Å². The van der Waals surface area contributed by atoms with Gasteiger partial charge in [-0.15, -0.1) is 0 Å². The summed E-state index contributed by atoms with van der Waals surface area (Å²) >= 11 is 0. The number of hydrogen-bond donors (Lipinski definition) is 0. The van der Waals surface area contributed by atoms with Crippen molar-refractivity contribution in [2.24, 2.45) is 0 Å². The summed E-state index contributed by atoms with van der Waals surface area (Å²) in [6.07, 6.45) is 82.6. The van der Waals surface area contributed by atoms with Crippen LogP contribution < -0.4 is 0 Å². The molecule has 0 aliphatic heterocycles. The Balaban J connectivity index is 4.37. The highest BCUT2D eigenvalue weighted by molar-refractivity contribution is 5.71. The van der Waals surface area contributed by atoms with Gasteiger partial charge in [0, 0.05) is 19.3 Å². The van der Waals surface area contributed by atoms with E-state index < -0.39 is 6.10 Å². The molecule has 0 fully saturated rings. The fourth-order valence-corrected chi connectivity index (χ4v) is 8.61. The fourth-order valence-electron chi connectivity index (χ4n) is 8.61. The first-order valence-corrected chi connectivity index (χ1v) is 31.2. The van der Waals surface area contributed by atoms with Crippen LogP contribution in [0, 0.1) is 0 Å². The number of esters is 3. The molecule has 0 aromatic carbocycles. The van der Waals surface area contributed by atoms with Crippen LogP contribution in [-0.2, 0) is 28.6 Å². The van der Waals surface area contributed by atoms with E-state index in [1.165, 1.54) is 128 Å². The van der Waals surface area contributed by atoms with Crippen LogP contribution in [-0.4, -0.2) is 37.2 Å². The smallest absolute Gasteiger partial charge is 0.306 e.